The van der Waals surface area contributed by atoms with E-state index in [4.69, 9.17) is 4.74 Å². The number of carbonyl (C=O) groups is 2. The second-order valence-electron chi connectivity index (χ2n) is 5.23. The minimum atomic E-state index is -0.490. The molecule has 0 aliphatic carbocycles. The first-order valence-corrected chi connectivity index (χ1v) is 8.05. The lowest BCUT2D eigenvalue weighted by atomic mass is 10.1. The number of piperazine rings is 1. The van der Waals surface area contributed by atoms with Crippen molar-refractivity contribution in [3.05, 3.63) is 22.4 Å². The molecule has 2 fully saturated rings. The number of nitrogens with zero attached hydrogens (tertiary/aromatic N) is 1. The number of hydrogen-bond donors (Lipinski definition) is 2. The van der Waals surface area contributed by atoms with Crippen molar-refractivity contribution in [1.82, 2.24) is 15.5 Å². The second kappa shape index (κ2) is 6.55. The zero-order valence-corrected chi connectivity index (χ0v) is 12.5. The molecule has 2 atom stereocenters. The summed E-state index contributed by atoms with van der Waals surface area (Å²) in [7, 11) is 0. The van der Waals surface area contributed by atoms with E-state index in [1.54, 1.807) is 4.90 Å². The number of rotatable bonds is 3. The van der Waals surface area contributed by atoms with E-state index in [1.807, 2.05) is 17.5 Å². The number of nitrogens with one attached hydrogen (secondary N) is 2. The molecule has 2 saturated heterocycles. The van der Waals surface area contributed by atoms with Gasteiger partial charge in [-0.1, -0.05) is 6.07 Å². The largest absolute Gasteiger partial charge is 0.378 e. The molecule has 2 aliphatic rings. The molecular formula is C14H19N3O3S. The lowest BCUT2D eigenvalue weighted by Gasteiger charge is -2.35. The van der Waals surface area contributed by atoms with Crippen molar-refractivity contribution in [3.63, 3.8) is 0 Å². The van der Waals surface area contributed by atoms with Crippen LogP contribution < -0.4 is 10.6 Å². The first kappa shape index (κ1) is 14.5. The van der Waals surface area contributed by atoms with E-state index in [0.29, 0.717) is 32.7 Å². The summed E-state index contributed by atoms with van der Waals surface area (Å²) >= 11 is 1.51. The summed E-state index contributed by atoms with van der Waals surface area (Å²) in [5.41, 5.74) is 0. The van der Waals surface area contributed by atoms with Gasteiger partial charge in [0.1, 0.15) is 6.04 Å². The summed E-state index contributed by atoms with van der Waals surface area (Å²) in [5.74, 6) is -0.0869. The third-order valence-electron chi connectivity index (χ3n) is 3.76. The highest BCUT2D eigenvalue weighted by molar-refractivity contribution is 7.10. The van der Waals surface area contributed by atoms with Crippen LogP contribution in [-0.2, 0) is 14.3 Å². The van der Waals surface area contributed by atoms with Gasteiger partial charge in [0, 0.05) is 37.0 Å². The Morgan fingerprint density at radius 3 is 3.10 bits per heavy atom. The van der Waals surface area contributed by atoms with E-state index in [-0.39, 0.29) is 17.9 Å². The van der Waals surface area contributed by atoms with Crippen LogP contribution in [0.1, 0.15) is 17.3 Å². The predicted molar refractivity (Wildman–Crippen MR) is 79.0 cm³/mol. The van der Waals surface area contributed by atoms with Gasteiger partial charge in [-0.15, -0.1) is 11.3 Å². The van der Waals surface area contributed by atoms with Crippen molar-refractivity contribution in [2.45, 2.75) is 18.5 Å². The fraction of sp³-hybridized carbons (Fsp3) is 0.571. The van der Waals surface area contributed by atoms with E-state index in [9.17, 15) is 9.59 Å². The first-order valence-electron chi connectivity index (χ1n) is 7.17. The molecule has 0 bridgehead atoms. The fourth-order valence-electron chi connectivity index (χ4n) is 2.74. The first-order chi connectivity index (χ1) is 10.3. The Kier molecular flexibility index (Phi) is 4.52. The average molecular weight is 309 g/mol. The van der Waals surface area contributed by atoms with E-state index in [1.165, 1.54) is 11.3 Å². The van der Waals surface area contributed by atoms with Gasteiger partial charge < -0.3 is 20.3 Å². The van der Waals surface area contributed by atoms with Gasteiger partial charge in [-0.05, 0) is 11.4 Å². The number of carbonyl (C=O) groups excluding carboxylic acids is 2. The zero-order valence-electron chi connectivity index (χ0n) is 11.7. The molecule has 114 valence electrons. The van der Waals surface area contributed by atoms with Crippen LogP contribution in [-0.4, -0.2) is 55.6 Å². The van der Waals surface area contributed by atoms with E-state index in [0.717, 1.165) is 11.4 Å². The number of ether oxygens (including phenoxy) is 1. The predicted octanol–water partition coefficient (Wildman–Crippen LogP) is 0.126. The minimum Gasteiger partial charge on any atom is -0.378 e. The maximum Gasteiger partial charge on any atom is 0.248 e. The summed E-state index contributed by atoms with van der Waals surface area (Å²) < 4.78 is 5.38. The summed E-state index contributed by atoms with van der Waals surface area (Å²) in [6.45, 7) is 3.08. The monoisotopic (exact) mass is 309 g/mol. The van der Waals surface area contributed by atoms with Crippen molar-refractivity contribution >= 4 is 23.2 Å². The van der Waals surface area contributed by atoms with Crippen molar-refractivity contribution in [3.8, 4) is 0 Å². The lowest BCUT2D eigenvalue weighted by Crippen LogP contribution is -2.53. The van der Waals surface area contributed by atoms with Gasteiger partial charge in [0.25, 0.3) is 0 Å². The Morgan fingerprint density at radius 1 is 1.48 bits per heavy atom. The highest BCUT2D eigenvalue weighted by atomic mass is 32.1. The van der Waals surface area contributed by atoms with Crippen LogP contribution >= 0.6 is 11.3 Å². The maximum atomic E-state index is 12.6. The maximum absolute atomic E-state index is 12.6. The molecule has 2 amide bonds. The van der Waals surface area contributed by atoms with Gasteiger partial charge >= 0.3 is 0 Å². The fourth-order valence-corrected chi connectivity index (χ4v) is 3.58. The molecule has 0 aromatic carbocycles. The molecule has 3 rings (SSSR count). The molecule has 0 radical (unpaired) electrons. The highest BCUT2D eigenvalue weighted by Gasteiger charge is 2.35. The lowest BCUT2D eigenvalue weighted by molar-refractivity contribution is -0.144. The van der Waals surface area contributed by atoms with Crippen molar-refractivity contribution < 1.29 is 14.3 Å². The van der Waals surface area contributed by atoms with Crippen LogP contribution in [0.15, 0.2) is 17.5 Å². The number of amides is 2. The van der Waals surface area contributed by atoms with Crippen molar-refractivity contribution in [2.75, 3.05) is 32.8 Å². The molecule has 21 heavy (non-hydrogen) atoms. The van der Waals surface area contributed by atoms with Gasteiger partial charge in [0.15, 0.2) is 0 Å². The zero-order chi connectivity index (χ0) is 14.7. The van der Waals surface area contributed by atoms with Crippen LogP contribution in [0, 0.1) is 0 Å². The molecule has 2 aliphatic heterocycles. The summed E-state index contributed by atoms with van der Waals surface area (Å²) in [4.78, 5) is 27.3. The molecule has 0 saturated carbocycles. The molecule has 2 N–H and O–H groups in total. The molecule has 0 spiro atoms. The van der Waals surface area contributed by atoms with Gasteiger partial charge in [0.2, 0.25) is 11.8 Å². The van der Waals surface area contributed by atoms with Crippen LogP contribution in [0.5, 0.6) is 0 Å². The molecule has 7 heteroatoms. The molecule has 1 aromatic rings. The Hall–Kier alpha value is -1.44. The van der Waals surface area contributed by atoms with E-state index in [2.05, 4.69) is 10.6 Å². The number of hydrogen-bond acceptors (Lipinski definition) is 5. The number of thiophene rings is 1. The third-order valence-corrected chi connectivity index (χ3v) is 4.69. The minimum absolute atomic E-state index is 0.00579. The van der Waals surface area contributed by atoms with Gasteiger partial charge in [-0.25, -0.2) is 0 Å². The third kappa shape index (κ3) is 3.25. The Bertz CT molecular complexity index is 500. The Balaban J connectivity index is 1.71. The highest BCUT2D eigenvalue weighted by Crippen LogP contribution is 2.27. The SMILES string of the molecule is O=C1NCCN(C(=O)CC2COCCN2)C1c1cccs1. The van der Waals surface area contributed by atoms with Crippen molar-refractivity contribution in [2.24, 2.45) is 0 Å². The van der Waals surface area contributed by atoms with Crippen LogP contribution in [0.2, 0.25) is 0 Å². The van der Waals surface area contributed by atoms with Crippen LogP contribution in [0.4, 0.5) is 0 Å². The summed E-state index contributed by atoms with van der Waals surface area (Å²) in [5, 5.41) is 8.05. The standard InChI is InChI=1S/C14H19N3O3S/c18-12(8-10-9-20-6-4-15-10)17-5-3-16-14(19)13(17)11-2-1-7-21-11/h1-2,7,10,13,15H,3-6,8-9H2,(H,16,19). The van der Waals surface area contributed by atoms with Crippen LogP contribution in [0.3, 0.4) is 0 Å². The summed E-state index contributed by atoms with van der Waals surface area (Å²) in [6.07, 6.45) is 0.370. The average Bonchev–Trinajstić information content (AvgIpc) is 3.02. The van der Waals surface area contributed by atoms with Gasteiger partial charge in [-0.2, -0.15) is 0 Å². The smallest absolute Gasteiger partial charge is 0.248 e. The molecule has 3 heterocycles. The topological polar surface area (TPSA) is 70.7 Å². The number of morpholine rings is 1. The molecule has 2 unspecified atom stereocenters. The van der Waals surface area contributed by atoms with Gasteiger partial charge in [-0.3, -0.25) is 9.59 Å². The molecule has 1 aromatic heterocycles. The second-order valence-corrected chi connectivity index (χ2v) is 6.21. The normalized spacial score (nSPS) is 26.5. The van der Waals surface area contributed by atoms with Crippen molar-refractivity contribution in [1.29, 1.82) is 0 Å². The Labute approximate surface area is 127 Å². The molecular weight excluding hydrogens is 290 g/mol. The quantitative estimate of drug-likeness (QED) is 0.832. The molecule has 6 nitrogen and oxygen atoms in total. The van der Waals surface area contributed by atoms with Gasteiger partial charge in [0.05, 0.1) is 13.2 Å². The van der Waals surface area contributed by atoms with E-state index < -0.39 is 6.04 Å². The summed E-state index contributed by atoms with van der Waals surface area (Å²) in [6, 6.07) is 3.36. The van der Waals surface area contributed by atoms with E-state index >= 15 is 0 Å². The Morgan fingerprint density at radius 2 is 2.38 bits per heavy atom. The van der Waals surface area contributed by atoms with Crippen LogP contribution in [0.25, 0.3) is 0 Å².